The average Bonchev–Trinajstić information content (AvgIpc) is 3.02. The molecule has 108 valence electrons. The van der Waals surface area contributed by atoms with Gasteiger partial charge in [-0.3, -0.25) is 14.8 Å². The minimum absolute atomic E-state index is 0.177. The van der Waals surface area contributed by atoms with Crippen molar-refractivity contribution in [3.63, 3.8) is 0 Å². The summed E-state index contributed by atoms with van der Waals surface area (Å²) in [6.07, 6.45) is -0.730. The molecular weight excluding hydrogens is 272 g/mol. The highest BCUT2D eigenvalue weighted by atomic mass is 16.4. The molecule has 2 amide bonds. The molecule has 0 unspecified atom stereocenters. The SMILES string of the molecule is O=C(Cc1ccccc1)Nc1n[nH]c2c1CN(C(=O)O)C2. The van der Waals surface area contributed by atoms with Crippen molar-refractivity contribution in [2.75, 3.05) is 5.32 Å². The van der Waals surface area contributed by atoms with Crippen molar-refractivity contribution in [2.24, 2.45) is 0 Å². The van der Waals surface area contributed by atoms with Crippen LogP contribution in [0.5, 0.6) is 0 Å². The van der Waals surface area contributed by atoms with E-state index in [4.69, 9.17) is 5.11 Å². The zero-order valence-electron chi connectivity index (χ0n) is 11.2. The fourth-order valence-electron chi connectivity index (χ4n) is 2.34. The van der Waals surface area contributed by atoms with Gasteiger partial charge < -0.3 is 10.4 Å². The number of H-pyrrole nitrogens is 1. The Kier molecular flexibility index (Phi) is 3.31. The number of aromatic amines is 1. The molecule has 7 heteroatoms. The van der Waals surface area contributed by atoms with Gasteiger partial charge >= 0.3 is 6.09 Å². The van der Waals surface area contributed by atoms with Crippen LogP contribution < -0.4 is 5.32 Å². The molecule has 21 heavy (non-hydrogen) atoms. The van der Waals surface area contributed by atoms with Crippen LogP contribution >= 0.6 is 0 Å². The van der Waals surface area contributed by atoms with Crippen LogP contribution in [-0.2, 0) is 24.3 Å². The number of hydrogen-bond donors (Lipinski definition) is 3. The smallest absolute Gasteiger partial charge is 0.407 e. The predicted octanol–water partition coefficient (Wildman–Crippen LogP) is 1.58. The second kappa shape index (κ2) is 5.28. The van der Waals surface area contributed by atoms with Gasteiger partial charge in [0.1, 0.15) is 0 Å². The van der Waals surface area contributed by atoms with Crippen LogP contribution in [0.2, 0.25) is 0 Å². The number of nitrogens with zero attached hydrogens (tertiary/aromatic N) is 2. The number of aromatic nitrogens is 2. The highest BCUT2D eigenvalue weighted by molar-refractivity contribution is 5.92. The van der Waals surface area contributed by atoms with Gasteiger partial charge in [-0.05, 0) is 5.56 Å². The molecule has 0 saturated heterocycles. The fraction of sp³-hybridized carbons (Fsp3) is 0.214. The van der Waals surface area contributed by atoms with Crippen LogP contribution in [0.15, 0.2) is 30.3 Å². The zero-order valence-corrected chi connectivity index (χ0v) is 11.2. The molecule has 2 aromatic rings. The largest absolute Gasteiger partial charge is 0.465 e. The van der Waals surface area contributed by atoms with Crippen LogP contribution in [0.4, 0.5) is 10.6 Å². The Bertz CT molecular complexity index is 681. The molecular formula is C14H14N4O3. The van der Waals surface area contributed by atoms with E-state index in [0.717, 1.165) is 16.8 Å². The topological polar surface area (TPSA) is 98.3 Å². The van der Waals surface area contributed by atoms with E-state index in [9.17, 15) is 9.59 Å². The fourth-order valence-corrected chi connectivity index (χ4v) is 2.34. The van der Waals surface area contributed by atoms with E-state index in [1.165, 1.54) is 4.90 Å². The van der Waals surface area contributed by atoms with Crippen molar-refractivity contribution in [3.05, 3.63) is 47.2 Å². The first-order valence-electron chi connectivity index (χ1n) is 6.51. The number of carbonyl (C=O) groups is 2. The second-order valence-corrected chi connectivity index (χ2v) is 4.88. The summed E-state index contributed by atoms with van der Waals surface area (Å²) < 4.78 is 0. The third kappa shape index (κ3) is 2.71. The molecule has 0 spiro atoms. The highest BCUT2D eigenvalue weighted by Gasteiger charge is 2.28. The van der Waals surface area contributed by atoms with E-state index in [0.29, 0.717) is 5.82 Å². The molecule has 2 heterocycles. The predicted molar refractivity (Wildman–Crippen MR) is 74.6 cm³/mol. The van der Waals surface area contributed by atoms with Crippen molar-refractivity contribution < 1.29 is 14.7 Å². The lowest BCUT2D eigenvalue weighted by atomic mass is 10.1. The first-order chi connectivity index (χ1) is 10.1. The minimum Gasteiger partial charge on any atom is -0.465 e. The maximum atomic E-state index is 12.0. The van der Waals surface area contributed by atoms with Gasteiger partial charge in [0.05, 0.1) is 25.2 Å². The number of fused-ring (bicyclic) bond motifs is 1. The first kappa shape index (κ1) is 13.2. The maximum Gasteiger partial charge on any atom is 0.407 e. The number of nitrogens with one attached hydrogen (secondary N) is 2. The second-order valence-electron chi connectivity index (χ2n) is 4.88. The number of benzene rings is 1. The van der Waals surface area contributed by atoms with Gasteiger partial charge in [0, 0.05) is 5.56 Å². The van der Waals surface area contributed by atoms with Gasteiger partial charge in [-0.2, -0.15) is 5.10 Å². The van der Waals surface area contributed by atoms with Crippen molar-refractivity contribution in [3.8, 4) is 0 Å². The Balaban J connectivity index is 1.67. The zero-order chi connectivity index (χ0) is 14.8. The van der Waals surface area contributed by atoms with E-state index >= 15 is 0 Å². The summed E-state index contributed by atoms with van der Waals surface area (Å²) >= 11 is 0. The monoisotopic (exact) mass is 286 g/mol. The molecule has 0 bridgehead atoms. The summed E-state index contributed by atoms with van der Waals surface area (Å²) in [6.45, 7) is 0.508. The molecule has 3 N–H and O–H groups in total. The van der Waals surface area contributed by atoms with Gasteiger partial charge in [0.25, 0.3) is 0 Å². The van der Waals surface area contributed by atoms with Gasteiger partial charge in [-0.15, -0.1) is 0 Å². The summed E-state index contributed by atoms with van der Waals surface area (Å²) in [5.74, 6) is 0.235. The van der Waals surface area contributed by atoms with Gasteiger partial charge in [-0.25, -0.2) is 4.79 Å². The van der Waals surface area contributed by atoms with E-state index in [2.05, 4.69) is 15.5 Å². The van der Waals surface area contributed by atoms with Crippen LogP contribution in [0, 0.1) is 0 Å². The molecule has 0 fully saturated rings. The van der Waals surface area contributed by atoms with Crippen molar-refractivity contribution >= 4 is 17.8 Å². The number of carboxylic acid groups (broad SMARTS) is 1. The van der Waals surface area contributed by atoms with Crippen LogP contribution in [0.1, 0.15) is 16.8 Å². The standard InChI is InChI=1S/C14H14N4O3/c19-12(6-9-4-2-1-3-5-9)15-13-10-7-18(14(20)21)8-11(10)16-17-13/h1-5H,6-8H2,(H,20,21)(H2,15,16,17,19). The number of amides is 2. The van der Waals surface area contributed by atoms with Crippen LogP contribution in [0.25, 0.3) is 0 Å². The van der Waals surface area contributed by atoms with Crippen molar-refractivity contribution in [1.82, 2.24) is 15.1 Å². The first-order valence-corrected chi connectivity index (χ1v) is 6.51. The van der Waals surface area contributed by atoms with Gasteiger partial charge in [0.2, 0.25) is 5.91 Å². The lowest BCUT2D eigenvalue weighted by Crippen LogP contribution is -2.23. The molecule has 3 rings (SSSR count). The Morgan fingerprint density at radius 2 is 2.05 bits per heavy atom. The number of hydrogen-bond acceptors (Lipinski definition) is 3. The molecule has 1 aliphatic rings. The number of carbonyl (C=O) groups excluding carboxylic acids is 1. The summed E-state index contributed by atoms with van der Waals surface area (Å²) in [7, 11) is 0. The van der Waals surface area contributed by atoms with Crippen LogP contribution in [-0.4, -0.2) is 32.2 Å². The molecule has 0 aliphatic carbocycles. The summed E-state index contributed by atoms with van der Waals surface area (Å²) in [5.41, 5.74) is 2.38. The molecule has 0 radical (unpaired) electrons. The van der Waals surface area contributed by atoms with E-state index in [1.54, 1.807) is 0 Å². The normalized spacial score (nSPS) is 13.0. The van der Waals surface area contributed by atoms with Crippen LogP contribution in [0.3, 0.4) is 0 Å². The molecule has 1 aromatic carbocycles. The number of rotatable bonds is 3. The molecule has 0 saturated carbocycles. The van der Waals surface area contributed by atoms with Crippen molar-refractivity contribution in [2.45, 2.75) is 19.5 Å². The lowest BCUT2D eigenvalue weighted by molar-refractivity contribution is -0.115. The lowest BCUT2D eigenvalue weighted by Gasteiger charge is -2.10. The Morgan fingerprint density at radius 1 is 1.29 bits per heavy atom. The molecule has 0 atom stereocenters. The maximum absolute atomic E-state index is 12.0. The van der Waals surface area contributed by atoms with Gasteiger partial charge in [0.15, 0.2) is 5.82 Å². The highest BCUT2D eigenvalue weighted by Crippen LogP contribution is 2.26. The minimum atomic E-state index is -0.985. The van der Waals surface area contributed by atoms with Crippen molar-refractivity contribution in [1.29, 1.82) is 0 Å². The van der Waals surface area contributed by atoms with E-state index < -0.39 is 6.09 Å². The Hall–Kier alpha value is -2.83. The van der Waals surface area contributed by atoms with E-state index in [-0.39, 0.29) is 25.4 Å². The summed E-state index contributed by atoms with van der Waals surface area (Å²) in [4.78, 5) is 24.2. The van der Waals surface area contributed by atoms with E-state index in [1.807, 2.05) is 30.3 Å². The third-order valence-corrected chi connectivity index (χ3v) is 3.39. The van der Waals surface area contributed by atoms with Gasteiger partial charge in [-0.1, -0.05) is 30.3 Å². The third-order valence-electron chi connectivity index (χ3n) is 3.39. The Labute approximate surface area is 120 Å². The summed E-state index contributed by atoms with van der Waals surface area (Å²) in [6, 6.07) is 9.39. The summed E-state index contributed by atoms with van der Waals surface area (Å²) in [5, 5.41) is 18.5. The molecule has 7 nitrogen and oxygen atoms in total. The average molecular weight is 286 g/mol. The number of anilines is 1. The molecule has 1 aliphatic heterocycles. The quantitative estimate of drug-likeness (QED) is 0.797. The molecule has 1 aromatic heterocycles. The Morgan fingerprint density at radius 3 is 2.76 bits per heavy atom.